The third kappa shape index (κ3) is 1.69. The van der Waals surface area contributed by atoms with Gasteiger partial charge in [0, 0.05) is 0 Å². The van der Waals surface area contributed by atoms with E-state index in [1.165, 1.54) is 12.3 Å². The Labute approximate surface area is 64.6 Å². The highest BCUT2D eigenvalue weighted by Crippen LogP contribution is 2.17. The summed E-state index contributed by atoms with van der Waals surface area (Å²) in [5.74, 6) is 0.345. The van der Waals surface area contributed by atoms with Crippen LogP contribution in [-0.2, 0) is 0 Å². The molecule has 2 unspecified atom stereocenters. The Balaban J connectivity index is 2.69. The molecule has 0 aliphatic carbocycles. The van der Waals surface area contributed by atoms with Crippen LogP contribution in [0.1, 0.15) is 11.9 Å². The van der Waals surface area contributed by atoms with Crippen LogP contribution in [0.5, 0.6) is 0 Å². The smallest absolute Gasteiger partial charge is 0.141 e. The van der Waals surface area contributed by atoms with E-state index in [9.17, 15) is 5.11 Å². The molecule has 2 atom stereocenters. The molecule has 0 radical (unpaired) electrons. The normalized spacial score (nSPS) is 15.8. The first-order valence-electron chi connectivity index (χ1n) is 3.28. The summed E-state index contributed by atoms with van der Waals surface area (Å²) in [6, 6.07) is 3.24. The minimum atomic E-state index is -1.01. The molecule has 0 saturated carbocycles. The van der Waals surface area contributed by atoms with Crippen LogP contribution >= 0.6 is 0 Å². The summed E-state index contributed by atoms with van der Waals surface area (Å²) in [7, 11) is 0. The van der Waals surface area contributed by atoms with Gasteiger partial charge in [0.1, 0.15) is 18.0 Å². The van der Waals surface area contributed by atoms with E-state index in [-0.39, 0.29) is 0 Å². The molecule has 0 saturated heterocycles. The van der Waals surface area contributed by atoms with E-state index in [2.05, 4.69) is 6.58 Å². The van der Waals surface area contributed by atoms with Crippen LogP contribution in [0.2, 0.25) is 0 Å². The summed E-state index contributed by atoms with van der Waals surface area (Å²) in [5.41, 5.74) is 0. The number of hydrogen-bond donors (Lipinski definition) is 2. The molecule has 1 heterocycles. The Bertz CT molecular complexity index is 215. The van der Waals surface area contributed by atoms with Gasteiger partial charge in [0.2, 0.25) is 0 Å². The Morgan fingerprint density at radius 1 is 1.55 bits per heavy atom. The van der Waals surface area contributed by atoms with E-state index in [0.29, 0.717) is 5.76 Å². The van der Waals surface area contributed by atoms with Crippen molar-refractivity contribution in [3.05, 3.63) is 36.8 Å². The topological polar surface area (TPSA) is 53.6 Å². The molecule has 0 spiro atoms. The Kier molecular flexibility index (Phi) is 2.46. The fourth-order valence-corrected chi connectivity index (χ4v) is 0.757. The van der Waals surface area contributed by atoms with Crippen LogP contribution in [-0.4, -0.2) is 16.3 Å². The van der Waals surface area contributed by atoms with Gasteiger partial charge in [-0.2, -0.15) is 0 Å². The second kappa shape index (κ2) is 3.37. The maximum atomic E-state index is 9.26. The van der Waals surface area contributed by atoms with Crippen molar-refractivity contribution in [2.24, 2.45) is 0 Å². The lowest BCUT2D eigenvalue weighted by atomic mass is 10.1. The predicted molar refractivity (Wildman–Crippen MR) is 39.9 cm³/mol. The SMILES string of the molecule is C=CC(O)C(O)c1ccco1. The lowest BCUT2D eigenvalue weighted by Crippen LogP contribution is -2.14. The van der Waals surface area contributed by atoms with Crippen molar-refractivity contribution in [2.75, 3.05) is 0 Å². The zero-order chi connectivity index (χ0) is 8.27. The molecule has 1 aromatic rings. The Morgan fingerprint density at radius 2 is 2.27 bits per heavy atom. The van der Waals surface area contributed by atoms with Crippen molar-refractivity contribution < 1.29 is 14.6 Å². The highest BCUT2D eigenvalue weighted by Gasteiger charge is 2.16. The third-order valence-corrected chi connectivity index (χ3v) is 1.40. The number of aliphatic hydroxyl groups is 2. The molecule has 60 valence electrons. The van der Waals surface area contributed by atoms with Gasteiger partial charge in [-0.1, -0.05) is 6.08 Å². The average Bonchev–Trinajstić information content (AvgIpc) is 2.53. The largest absolute Gasteiger partial charge is 0.466 e. The molecule has 0 aliphatic heterocycles. The fourth-order valence-electron chi connectivity index (χ4n) is 0.757. The molecule has 0 aromatic carbocycles. The van der Waals surface area contributed by atoms with Gasteiger partial charge < -0.3 is 14.6 Å². The molecule has 3 heteroatoms. The monoisotopic (exact) mass is 154 g/mol. The van der Waals surface area contributed by atoms with E-state index < -0.39 is 12.2 Å². The summed E-state index contributed by atoms with van der Waals surface area (Å²) in [5, 5.41) is 18.3. The molecule has 1 rings (SSSR count). The molecule has 0 amide bonds. The maximum Gasteiger partial charge on any atom is 0.141 e. The second-order valence-electron chi connectivity index (χ2n) is 2.19. The summed E-state index contributed by atoms with van der Waals surface area (Å²) in [4.78, 5) is 0. The molecular weight excluding hydrogens is 144 g/mol. The molecule has 1 aromatic heterocycles. The van der Waals surface area contributed by atoms with Crippen molar-refractivity contribution in [3.63, 3.8) is 0 Å². The molecule has 0 aliphatic rings. The number of rotatable bonds is 3. The molecule has 0 fully saturated rings. The molecule has 0 bridgehead atoms. The summed E-state index contributed by atoms with van der Waals surface area (Å²) in [6.07, 6.45) is 0.713. The van der Waals surface area contributed by atoms with Crippen molar-refractivity contribution in [1.82, 2.24) is 0 Å². The standard InChI is InChI=1S/C8H10O3/c1-2-6(9)8(10)7-4-3-5-11-7/h2-6,8-10H,1H2. The van der Waals surface area contributed by atoms with Crippen molar-refractivity contribution in [1.29, 1.82) is 0 Å². The Hall–Kier alpha value is -1.06. The van der Waals surface area contributed by atoms with Crippen molar-refractivity contribution >= 4 is 0 Å². The number of aliphatic hydroxyl groups excluding tert-OH is 2. The maximum absolute atomic E-state index is 9.26. The van der Waals surface area contributed by atoms with Gasteiger partial charge in [-0.25, -0.2) is 0 Å². The average molecular weight is 154 g/mol. The number of hydrogen-bond acceptors (Lipinski definition) is 3. The highest BCUT2D eigenvalue weighted by molar-refractivity contribution is 5.06. The van der Waals surface area contributed by atoms with Crippen LogP contribution in [0.3, 0.4) is 0 Å². The minimum Gasteiger partial charge on any atom is -0.466 e. The lowest BCUT2D eigenvalue weighted by Gasteiger charge is -2.10. The third-order valence-electron chi connectivity index (χ3n) is 1.40. The van der Waals surface area contributed by atoms with Crippen molar-refractivity contribution in [3.8, 4) is 0 Å². The fraction of sp³-hybridized carbons (Fsp3) is 0.250. The van der Waals surface area contributed by atoms with E-state index >= 15 is 0 Å². The van der Waals surface area contributed by atoms with E-state index in [4.69, 9.17) is 9.52 Å². The van der Waals surface area contributed by atoms with Crippen LogP contribution < -0.4 is 0 Å². The van der Waals surface area contributed by atoms with Gasteiger partial charge in [0.05, 0.1) is 6.26 Å². The van der Waals surface area contributed by atoms with Gasteiger partial charge in [0.25, 0.3) is 0 Å². The van der Waals surface area contributed by atoms with Gasteiger partial charge >= 0.3 is 0 Å². The molecule has 11 heavy (non-hydrogen) atoms. The minimum absolute atomic E-state index is 0.345. The molecule has 3 nitrogen and oxygen atoms in total. The molecular formula is C8H10O3. The van der Waals surface area contributed by atoms with Crippen LogP contribution in [0.15, 0.2) is 35.5 Å². The zero-order valence-corrected chi connectivity index (χ0v) is 5.97. The van der Waals surface area contributed by atoms with E-state index in [1.807, 2.05) is 0 Å². The van der Waals surface area contributed by atoms with Gasteiger partial charge in [-0.15, -0.1) is 6.58 Å². The van der Waals surface area contributed by atoms with Crippen LogP contribution in [0.4, 0.5) is 0 Å². The van der Waals surface area contributed by atoms with Crippen molar-refractivity contribution in [2.45, 2.75) is 12.2 Å². The zero-order valence-electron chi connectivity index (χ0n) is 5.97. The summed E-state index contributed by atoms with van der Waals surface area (Å²) >= 11 is 0. The summed E-state index contributed by atoms with van der Waals surface area (Å²) < 4.78 is 4.86. The lowest BCUT2D eigenvalue weighted by molar-refractivity contribution is 0.0337. The first-order valence-corrected chi connectivity index (χ1v) is 3.28. The predicted octanol–water partition coefficient (Wildman–Crippen LogP) is 0.860. The highest BCUT2D eigenvalue weighted by atomic mass is 16.4. The second-order valence-corrected chi connectivity index (χ2v) is 2.19. The van der Waals surface area contributed by atoms with Gasteiger partial charge in [-0.05, 0) is 12.1 Å². The van der Waals surface area contributed by atoms with E-state index in [1.54, 1.807) is 12.1 Å². The first-order chi connectivity index (χ1) is 5.25. The molecule has 2 N–H and O–H groups in total. The number of furan rings is 1. The van der Waals surface area contributed by atoms with Gasteiger partial charge in [0.15, 0.2) is 0 Å². The first kappa shape index (κ1) is 8.04. The quantitative estimate of drug-likeness (QED) is 0.635. The van der Waals surface area contributed by atoms with Gasteiger partial charge in [-0.3, -0.25) is 0 Å². The summed E-state index contributed by atoms with van der Waals surface area (Å²) in [6.45, 7) is 3.34. The Morgan fingerprint density at radius 3 is 2.73 bits per heavy atom. The van der Waals surface area contributed by atoms with Crippen LogP contribution in [0.25, 0.3) is 0 Å². The van der Waals surface area contributed by atoms with E-state index in [0.717, 1.165) is 0 Å². The van der Waals surface area contributed by atoms with Crippen LogP contribution in [0, 0.1) is 0 Å².